The molecule has 0 aromatic heterocycles. The molecule has 1 aliphatic heterocycles. The number of unbranched alkanes of at least 4 members (excludes halogenated alkanes) is 1. The molecule has 1 rings (SSSR count). The average molecular weight is 257 g/mol. The lowest BCUT2D eigenvalue weighted by Crippen LogP contribution is -2.43. The van der Waals surface area contributed by atoms with Crippen molar-refractivity contribution in [2.45, 2.75) is 58.9 Å². The number of ether oxygens (including phenoxy) is 2. The normalized spacial score (nSPS) is 24.7. The largest absolute Gasteiger partial charge is 0.381 e. The van der Waals surface area contributed by atoms with Crippen LogP contribution in [0, 0.1) is 5.41 Å². The number of nitrogens with one attached hydrogen (secondary N) is 1. The highest BCUT2D eigenvalue weighted by Gasteiger charge is 2.32. The molecular formula is C15H31NO2. The Morgan fingerprint density at radius 3 is 2.78 bits per heavy atom. The van der Waals surface area contributed by atoms with E-state index in [1.165, 1.54) is 25.7 Å². The summed E-state index contributed by atoms with van der Waals surface area (Å²) in [7, 11) is 0. The average Bonchev–Trinajstić information content (AvgIpc) is 2.38. The van der Waals surface area contributed by atoms with E-state index in [4.69, 9.17) is 9.47 Å². The summed E-state index contributed by atoms with van der Waals surface area (Å²) in [5.74, 6) is 0. The summed E-state index contributed by atoms with van der Waals surface area (Å²) in [4.78, 5) is 0. The van der Waals surface area contributed by atoms with Crippen LogP contribution < -0.4 is 5.32 Å². The van der Waals surface area contributed by atoms with Crippen LogP contribution in [0.2, 0.25) is 0 Å². The number of hydrogen-bond donors (Lipinski definition) is 1. The highest BCUT2D eigenvalue weighted by Crippen LogP contribution is 2.31. The van der Waals surface area contributed by atoms with E-state index >= 15 is 0 Å². The van der Waals surface area contributed by atoms with Crippen LogP contribution in [-0.4, -0.2) is 39.0 Å². The molecule has 0 amide bonds. The standard InChI is InChI=1S/C15H31NO2/c1-4-5-9-17-11-8-15(12-16-14(2)3)7-6-10-18-13-15/h14,16H,4-13H2,1-3H3. The SMILES string of the molecule is CCCCOCCC1(CNC(C)C)CCCOC1. The van der Waals surface area contributed by atoms with E-state index < -0.39 is 0 Å². The van der Waals surface area contributed by atoms with Crippen molar-refractivity contribution in [2.75, 3.05) is 33.0 Å². The summed E-state index contributed by atoms with van der Waals surface area (Å²) in [6, 6.07) is 0.546. The smallest absolute Gasteiger partial charge is 0.0535 e. The Balaban J connectivity index is 2.29. The van der Waals surface area contributed by atoms with Gasteiger partial charge in [0.05, 0.1) is 6.61 Å². The minimum atomic E-state index is 0.300. The second-order valence-corrected chi connectivity index (χ2v) is 5.91. The Labute approximate surface area is 113 Å². The predicted octanol–water partition coefficient (Wildman–Crippen LogP) is 2.99. The second-order valence-electron chi connectivity index (χ2n) is 5.91. The molecule has 0 spiro atoms. The van der Waals surface area contributed by atoms with Crippen molar-refractivity contribution >= 4 is 0 Å². The molecule has 1 unspecified atom stereocenters. The van der Waals surface area contributed by atoms with Gasteiger partial charge in [-0.3, -0.25) is 0 Å². The van der Waals surface area contributed by atoms with Gasteiger partial charge in [0, 0.05) is 37.8 Å². The highest BCUT2D eigenvalue weighted by molar-refractivity contribution is 4.84. The molecule has 0 radical (unpaired) electrons. The van der Waals surface area contributed by atoms with Gasteiger partial charge in [0.25, 0.3) is 0 Å². The van der Waals surface area contributed by atoms with Crippen LogP contribution in [-0.2, 0) is 9.47 Å². The van der Waals surface area contributed by atoms with Gasteiger partial charge in [-0.25, -0.2) is 0 Å². The number of rotatable bonds is 9. The van der Waals surface area contributed by atoms with Gasteiger partial charge in [-0.05, 0) is 25.7 Å². The minimum absolute atomic E-state index is 0.300. The van der Waals surface area contributed by atoms with E-state index in [1.807, 2.05) is 0 Å². The lowest BCUT2D eigenvalue weighted by molar-refractivity contribution is -0.0281. The molecule has 0 saturated carbocycles. The van der Waals surface area contributed by atoms with Crippen molar-refractivity contribution < 1.29 is 9.47 Å². The Kier molecular flexibility index (Phi) is 7.87. The van der Waals surface area contributed by atoms with Gasteiger partial charge in [0.1, 0.15) is 0 Å². The fraction of sp³-hybridized carbons (Fsp3) is 1.00. The first kappa shape index (κ1) is 15.9. The van der Waals surface area contributed by atoms with Crippen molar-refractivity contribution in [1.82, 2.24) is 5.32 Å². The lowest BCUT2D eigenvalue weighted by Gasteiger charge is -2.38. The van der Waals surface area contributed by atoms with Crippen molar-refractivity contribution in [3.05, 3.63) is 0 Å². The molecule has 1 saturated heterocycles. The number of hydrogen-bond acceptors (Lipinski definition) is 3. The third-order valence-electron chi connectivity index (χ3n) is 3.71. The van der Waals surface area contributed by atoms with Crippen LogP contribution in [0.5, 0.6) is 0 Å². The van der Waals surface area contributed by atoms with Crippen LogP contribution in [0.4, 0.5) is 0 Å². The van der Waals surface area contributed by atoms with E-state index in [0.29, 0.717) is 11.5 Å². The Morgan fingerprint density at radius 2 is 2.17 bits per heavy atom. The molecule has 0 bridgehead atoms. The maximum atomic E-state index is 5.73. The van der Waals surface area contributed by atoms with Crippen LogP contribution in [0.15, 0.2) is 0 Å². The highest BCUT2D eigenvalue weighted by atomic mass is 16.5. The first-order valence-electron chi connectivity index (χ1n) is 7.57. The molecule has 0 aromatic carbocycles. The molecule has 1 heterocycles. The quantitative estimate of drug-likeness (QED) is 0.644. The van der Waals surface area contributed by atoms with Crippen molar-refractivity contribution in [1.29, 1.82) is 0 Å². The molecule has 0 aromatic rings. The fourth-order valence-electron chi connectivity index (χ4n) is 2.39. The molecule has 3 heteroatoms. The molecule has 0 aliphatic carbocycles. The monoisotopic (exact) mass is 257 g/mol. The van der Waals surface area contributed by atoms with E-state index in [-0.39, 0.29) is 0 Å². The summed E-state index contributed by atoms with van der Waals surface area (Å²) in [5.41, 5.74) is 0.300. The zero-order valence-electron chi connectivity index (χ0n) is 12.5. The van der Waals surface area contributed by atoms with E-state index in [9.17, 15) is 0 Å². The lowest BCUT2D eigenvalue weighted by atomic mass is 9.79. The second kappa shape index (κ2) is 8.89. The Bertz CT molecular complexity index is 201. The third kappa shape index (κ3) is 6.17. The zero-order chi connectivity index (χ0) is 13.3. The van der Waals surface area contributed by atoms with Crippen LogP contribution in [0.1, 0.15) is 52.9 Å². The van der Waals surface area contributed by atoms with Gasteiger partial charge >= 0.3 is 0 Å². The van der Waals surface area contributed by atoms with Gasteiger partial charge in [-0.15, -0.1) is 0 Å². The summed E-state index contributed by atoms with van der Waals surface area (Å²) in [5, 5.41) is 3.57. The molecular weight excluding hydrogens is 226 g/mol. The van der Waals surface area contributed by atoms with Gasteiger partial charge in [-0.2, -0.15) is 0 Å². The van der Waals surface area contributed by atoms with Crippen molar-refractivity contribution in [3.63, 3.8) is 0 Å². The van der Waals surface area contributed by atoms with Crippen LogP contribution in [0.3, 0.4) is 0 Å². The maximum Gasteiger partial charge on any atom is 0.0535 e. The van der Waals surface area contributed by atoms with E-state index in [1.54, 1.807) is 0 Å². The van der Waals surface area contributed by atoms with E-state index in [2.05, 4.69) is 26.1 Å². The van der Waals surface area contributed by atoms with Crippen LogP contribution >= 0.6 is 0 Å². The topological polar surface area (TPSA) is 30.5 Å². The molecule has 108 valence electrons. The summed E-state index contributed by atoms with van der Waals surface area (Å²) in [6.07, 6.45) is 5.96. The maximum absolute atomic E-state index is 5.73. The first-order valence-corrected chi connectivity index (χ1v) is 7.57. The van der Waals surface area contributed by atoms with Crippen molar-refractivity contribution in [3.8, 4) is 0 Å². The summed E-state index contributed by atoms with van der Waals surface area (Å²) >= 11 is 0. The first-order chi connectivity index (χ1) is 8.68. The van der Waals surface area contributed by atoms with Gasteiger partial charge in [-0.1, -0.05) is 27.2 Å². The molecule has 1 aliphatic rings. The fourth-order valence-corrected chi connectivity index (χ4v) is 2.39. The minimum Gasteiger partial charge on any atom is -0.381 e. The van der Waals surface area contributed by atoms with Crippen molar-refractivity contribution in [2.24, 2.45) is 5.41 Å². The predicted molar refractivity (Wildman–Crippen MR) is 76.0 cm³/mol. The van der Waals surface area contributed by atoms with E-state index in [0.717, 1.165) is 39.4 Å². The Hall–Kier alpha value is -0.120. The molecule has 1 fully saturated rings. The zero-order valence-corrected chi connectivity index (χ0v) is 12.5. The van der Waals surface area contributed by atoms with Crippen LogP contribution in [0.25, 0.3) is 0 Å². The molecule has 3 nitrogen and oxygen atoms in total. The molecule has 1 atom stereocenters. The summed E-state index contributed by atoms with van der Waals surface area (Å²) < 4.78 is 11.4. The molecule has 18 heavy (non-hydrogen) atoms. The third-order valence-corrected chi connectivity index (χ3v) is 3.71. The Morgan fingerprint density at radius 1 is 1.33 bits per heavy atom. The molecule has 1 N–H and O–H groups in total. The van der Waals surface area contributed by atoms with Gasteiger partial charge < -0.3 is 14.8 Å². The summed E-state index contributed by atoms with van der Waals surface area (Å²) in [6.45, 7) is 11.3. The van der Waals surface area contributed by atoms with Gasteiger partial charge in [0.15, 0.2) is 0 Å². The van der Waals surface area contributed by atoms with Gasteiger partial charge in [0.2, 0.25) is 0 Å².